The molecule has 4 rings (SSSR count). The SMILES string of the molecule is CCCN1c2c(nnc3ncncc23)NC12CCCCC2. The van der Waals surface area contributed by atoms with Crippen LogP contribution in [0.15, 0.2) is 12.5 Å². The van der Waals surface area contributed by atoms with Crippen LogP contribution in [-0.4, -0.2) is 32.4 Å². The summed E-state index contributed by atoms with van der Waals surface area (Å²) in [5.41, 5.74) is 1.85. The molecule has 1 aliphatic carbocycles. The molecule has 1 aliphatic heterocycles. The Hall–Kier alpha value is -1.98. The van der Waals surface area contributed by atoms with Crippen LogP contribution in [0.5, 0.6) is 0 Å². The van der Waals surface area contributed by atoms with Crippen LogP contribution in [0.25, 0.3) is 11.0 Å². The van der Waals surface area contributed by atoms with E-state index >= 15 is 0 Å². The molecule has 0 unspecified atom stereocenters. The van der Waals surface area contributed by atoms with E-state index in [4.69, 9.17) is 0 Å². The Labute approximate surface area is 124 Å². The molecule has 1 spiro atoms. The minimum Gasteiger partial charge on any atom is -0.345 e. The summed E-state index contributed by atoms with van der Waals surface area (Å²) in [5, 5.41) is 13.3. The molecule has 3 heterocycles. The maximum atomic E-state index is 4.38. The van der Waals surface area contributed by atoms with E-state index in [-0.39, 0.29) is 5.66 Å². The average molecular weight is 284 g/mol. The molecule has 0 radical (unpaired) electrons. The van der Waals surface area contributed by atoms with Gasteiger partial charge in [-0.3, -0.25) is 0 Å². The first-order valence-corrected chi connectivity index (χ1v) is 7.86. The highest BCUT2D eigenvalue weighted by Crippen LogP contribution is 2.47. The number of fused-ring (bicyclic) bond motifs is 3. The predicted molar refractivity (Wildman–Crippen MR) is 82.2 cm³/mol. The quantitative estimate of drug-likeness (QED) is 0.914. The van der Waals surface area contributed by atoms with E-state index in [1.165, 1.54) is 38.4 Å². The second-order valence-corrected chi connectivity index (χ2v) is 6.03. The number of anilines is 2. The zero-order valence-electron chi connectivity index (χ0n) is 12.3. The zero-order chi connectivity index (χ0) is 14.3. The van der Waals surface area contributed by atoms with Crippen molar-refractivity contribution in [2.75, 3.05) is 16.8 Å². The van der Waals surface area contributed by atoms with Gasteiger partial charge in [-0.1, -0.05) is 13.3 Å². The topological polar surface area (TPSA) is 66.8 Å². The van der Waals surface area contributed by atoms with Crippen molar-refractivity contribution in [3.63, 3.8) is 0 Å². The van der Waals surface area contributed by atoms with Crippen molar-refractivity contribution in [1.82, 2.24) is 20.2 Å². The molecule has 1 saturated carbocycles. The lowest BCUT2D eigenvalue weighted by Gasteiger charge is -2.42. The Morgan fingerprint density at radius 3 is 2.90 bits per heavy atom. The van der Waals surface area contributed by atoms with Gasteiger partial charge < -0.3 is 10.2 Å². The second kappa shape index (κ2) is 4.79. The molecule has 21 heavy (non-hydrogen) atoms. The van der Waals surface area contributed by atoms with Gasteiger partial charge in [-0.25, -0.2) is 9.97 Å². The van der Waals surface area contributed by atoms with Crippen molar-refractivity contribution in [1.29, 1.82) is 0 Å². The van der Waals surface area contributed by atoms with E-state index in [0.29, 0.717) is 5.65 Å². The summed E-state index contributed by atoms with van der Waals surface area (Å²) in [6, 6.07) is 0. The van der Waals surface area contributed by atoms with Crippen LogP contribution in [0.4, 0.5) is 11.5 Å². The second-order valence-electron chi connectivity index (χ2n) is 6.03. The first-order chi connectivity index (χ1) is 10.3. The number of nitrogens with zero attached hydrogens (tertiary/aromatic N) is 5. The molecule has 2 aliphatic rings. The van der Waals surface area contributed by atoms with Crippen LogP contribution in [0.1, 0.15) is 45.4 Å². The minimum absolute atomic E-state index is 0.0232. The number of nitrogens with one attached hydrogen (secondary N) is 1. The van der Waals surface area contributed by atoms with Crippen molar-refractivity contribution in [2.45, 2.75) is 51.1 Å². The van der Waals surface area contributed by atoms with Gasteiger partial charge in [0.15, 0.2) is 11.5 Å². The molecule has 2 aromatic rings. The Morgan fingerprint density at radius 2 is 2.10 bits per heavy atom. The van der Waals surface area contributed by atoms with Gasteiger partial charge in [0, 0.05) is 12.7 Å². The summed E-state index contributed by atoms with van der Waals surface area (Å²) in [6.45, 7) is 3.25. The molecule has 0 bridgehead atoms. The third kappa shape index (κ3) is 1.85. The first-order valence-electron chi connectivity index (χ1n) is 7.86. The monoisotopic (exact) mass is 284 g/mol. The molecule has 6 nitrogen and oxygen atoms in total. The van der Waals surface area contributed by atoms with Crippen LogP contribution < -0.4 is 10.2 Å². The number of rotatable bonds is 2. The maximum Gasteiger partial charge on any atom is 0.187 e. The highest BCUT2D eigenvalue weighted by molar-refractivity contribution is 5.97. The van der Waals surface area contributed by atoms with Gasteiger partial charge in [0.1, 0.15) is 12.0 Å². The molecule has 110 valence electrons. The number of hydrogen-bond donors (Lipinski definition) is 1. The van der Waals surface area contributed by atoms with E-state index < -0.39 is 0 Å². The van der Waals surface area contributed by atoms with E-state index in [1.807, 2.05) is 6.20 Å². The summed E-state index contributed by atoms with van der Waals surface area (Å²) in [5.74, 6) is 0.896. The molecule has 0 amide bonds. The van der Waals surface area contributed by atoms with Crippen molar-refractivity contribution in [3.8, 4) is 0 Å². The smallest absolute Gasteiger partial charge is 0.187 e. The van der Waals surface area contributed by atoms with Crippen LogP contribution in [0.3, 0.4) is 0 Å². The van der Waals surface area contributed by atoms with Gasteiger partial charge in [-0.2, -0.15) is 0 Å². The lowest BCUT2D eigenvalue weighted by Crippen LogP contribution is -2.52. The molecular formula is C15H20N6. The lowest BCUT2D eigenvalue weighted by molar-refractivity contribution is 0.318. The van der Waals surface area contributed by atoms with Crippen LogP contribution >= 0.6 is 0 Å². The van der Waals surface area contributed by atoms with Crippen LogP contribution in [-0.2, 0) is 0 Å². The molecule has 2 aromatic heterocycles. The van der Waals surface area contributed by atoms with E-state index in [2.05, 4.69) is 37.3 Å². The molecule has 0 atom stereocenters. The van der Waals surface area contributed by atoms with Crippen molar-refractivity contribution >= 4 is 22.5 Å². The summed E-state index contributed by atoms with van der Waals surface area (Å²) in [6.07, 6.45) is 10.7. The van der Waals surface area contributed by atoms with Gasteiger partial charge in [-0.15, -0.1) is 10.2 Å². The summed E-state index contributed by atoms with van der Waals surface area (Å²) in [4.78, 5) is 10.9. The van der Waals surface area contributed by atoms with Crippen molar-refractivity contribution < 1.29 is 0 Å². The fraction of sp³-hybridized carbons (Fsp3) is 0.600. The normalized spacial score (nSPS) is 19.8. The molecule has 0 aromatic carbocycles. The van der Waals surface area contributed by atoms with Crippen LogP contribution in [0, 0.1) is 0 Å². The Morgan fingerprint density at radius 1 is 1.24 bits per heavy atom. The van der Waals surface area contributed by atoms with Gasteiger partial charge >= 0.3 is 0 Å². The molecule has 6 heteroatoms. The summed E-state index contributed by atoms with van der Waals surface area (Å²) >= 11 is 0. The molecular weight excluding hydrogens is 264 g/mol. The highest BCUT2D eigenvalue weighted by Gasteiger charge is 2.45. The lowest BCUT2D eigenvalue weighted by atomic mass is 9.88. The average Bonchev–Trinajstić information content (AvgIpc) is 2.82. The number of hydrogen-bond acceptors (Lipinski definition) is 6. The molecule has 0 saturated heterocycles. The largest absolute Gasteiger partial charge is 0.345 e. The summed E-state index contributed by atoms with van der Waals surface area (Å²) < 4.78 is 0. The fourth-order valence-electron chi connectivity index (χ4n) is 3.78. The molecule has 1 fully saturated rings. The summed E-state index contributed by atoms with van der Waals surface area (Å²) in [7, 11) is 0. The van der Waals surface area contributed by atoms with E-state index in [0.717, 1.165) is 29.9 Å². The first kappa shape index (κ1) is 12.7. The van der Waals surface area contributed by atoms with Gasteiger partial charge in [0.25, 0.3) is 0 Å². The van der Waals surface area contributed by atoms with E-state index in [9.17, 15) is 0 Å². The Balaban J connectivity index is 1.88. The maximum absolute atomic E-state index is 4.38. The van der Waals surface area contributed by atoms with Crippen LogP contribution in [0.2, 0.25) is 0 Å². The Kier molecular flexibility index (Phi) is 2.90. The third-order valence-electron chi connectivity index (χ3n) is 4.68. The standard InChI is InChI=1S/C15H20N6/c1-2-8-21-12-11-9-16-10-17-13(11)19-20-14(12)18-15(21)6-4-3-5-7-15/h9-10H,2-8H2,1H3,(H,18,20). The highest BCUT2D eigenvalue weighted by atomic mass is 15.4. The van der Waals surface area contributed by atoms with E-state index in [1.54, 1.807) is 0 Å². The van der Waals surface area contributed by atoms with Gasteiger partial charge in [-0.05, 0) is 32.1 Å². The molecule has 1 N–H and O–H groups in total. The van der Waals surface area contributed by atoms with Gasteiger partial charge in [0.05, 0.1) is 11.1 Å². The van der Waals surface area contributed by atoms with Crippen molar-refractivity contribution in [3.05, 3.63) is 12.5 Å². The zero-order valence-corrected chi connectivity index (χ0v) is 12.3. The van der Waals surface area contributed by atoms with Crippen molar-refractivity contribution in [2.24, 2.45) is 0 Å². The number of aromatic nitrogens is 4. The van der Waals surface area contributed by atoms with Gasteiger partial charge in [0.2, 0.25) is 0 Å². The minimum atomic E-state index is 0.0232. The predicted octanol–water partition coefficient (Wildman–Crippen LogP) is 2.72. The Bertz CT molecular complexity index is 664. The third-order valence-corrected chi connectivity index (χ3v) is 4.68. The fourth-order valence-corrected chi connectivity index (χ4v) is 3.78.